The minimum absolute atomic E-state index is 0.0418. The molecule has 1 heterocycles. The van der Waals surface area contributed by atoms with E-state index in [4.69, 9.17) is 9.47 Å². The second-order valence-corrected chi connectivity index (χ2v) is 14.4. The van der Waals surface area contributed by atoms with Crippen molar-refractivity contribution in [2.75, 3.05) is 6.61 Å². The molecule has 164 valence electrons. The number of hydrogen-bond acceptors (Lipinski definition) is 4. The van der Waals surface area contributed by atoms with Crippen LogP contribution in [0.3, 0.4) is 0 Å². The Labute approximate surface area is 184 Å². The van der Waals surface area contributed by atoms with Gasteiger partial charge in [0.25, 0.3) is 0 Å². The smallest absolute Gasteiger partial charge is 0.307 e. The van der Waals surface area contributed by atoms with Crippen LogP contribution < -0.4 is 4.74 Å². The fraction of sp³-hybridized carbons (Fsp3) is 0.333. The molecule has 0 spiro atoms. The van der Waals surface area contributed by atoms with E-state index in [1.165, 1.54) is 0 Å². The lowest BCUT2D eigenvalue weighted by atomic mass is 10.0. The molecule has 1 aromatic heterocycles. The van der Waals surface area contributed by atoms with Gasteiger partial charge in [-0.25, -0.2) is 4.68 Å². The van der Waals surface area contributed by atoms with Crippen LogP contribution >= 0.6 is 0 Å². The van der Waals surface area contributed by atoms with Crippen LogP contribution in [0.25, 0.3) is 11.1 Å². The van der Waals surface area contributed by atoms with E-state index in [0.29, 0.717) is 24.7 Å². The first-order valence-corrected chi connectivity index (χ1v) is 14.1. The standard InChI is InChI=1S/C24H30N2O4Si/c1-31(2,3)12-11-29-18-26-16-21(15-25-26)22-13-20(14-24(27)28)9-10-23(22)30-17-19-7-5-4-6-8-19/h4-10,13,15-16H,11-12,14,17-18H2,1-3H3,(H,27,28). The maximum absolute atomic E-state index is 11.2. The Hall–Kier alpha value is -2.90. The van der Waals surface area contributed by atoms with Gasteiger partial charge >= 0.3 is 5.97 Å². The predicted octanol–water partition coefficient (Wildman–Crippen LogP) is 5.07. The maximum atomic E-state index is 11.2. The highest BCUT2D eigenvalue weighted by Crippen LogP contribution is 2.32. The number of hydrogen-bond donors (Lipinski definition) is 1. The van der Waals surface area contributed by atoms with Crippen molar-refractivity contribution in [1.29, 1.82) is 0 Å². The molecule has 0 bridgehead atoms. The minimum atomic E-state index is -1.13. The van der Waals surface area contributed by atoms with Gasteiger partial charge in [0.15, 0.2) is 0 Å². The number of carboxylic acids is 1. The SMILES string of the molecule is C[Si](C)(C)CCOCn1cc(-c2cc(CC(=O)O)ccc2OCc2ccccc2)cn1. The molecule has 0 atom stereocenters. The van der Waals surface area contributed by atoms with E-state index in [0.717, 1.165) is 29.3 Å². The molecule has 1 N–H and O–H groups in total. The fourth-order valence-corrected chi connectivity index (χ4v) is 3.81. The van der Waals surface area contributed by atoms with E-state index in [-0.39, 0.29) is 6.42 Å². The number of aromatic nitrogens is 2. The summed E-state index contributed by atoms with van der Waals surface area (Å²) in [5, 5.41) is 13.6. The van der Waals surface area contributed by atoms with E-state index >= 15 is 0 Å². The third-order valence-corrected chi connectivity index (χ3v) is 6.50. The molecule has 0 saturated heterocycles. The maximum Gasteiger partial charge on any atom is 0.307 e. The van der Waals surface area contributed by atoms with Crippen LogP contribution in [0.4, 0.5) is 0 Å². The molecule has 0 saturated carbocycles. The number of ether oxygens (including phenoxy) is 2. The van der Waals surface area contributed by atoms with Crippen molar-refractivity contribution >= 4 is 14.0 Å². The van der Waals surface area contributed by atoms with Gasteiger partial charge in [-0.1, -0.05) is 56.0 Å². The molecule has 0 amide bonds. The van der Waals surface area contributed by atoms with Crippen molar-refractivity contribution in [3.05, 3.63) is 72.1 Å². The van der Waals surface area contributed by atoms with Crippen LogP contribution in [-0.2, 0) is 29.3 Å². The minimum Gasteiger partial charge on any atom is -0.488 e. The van der Waals surface area contributed by atoms with E-state index in [9.17, 15) is 9.90 Å². The van der Waals surface area contributed by atoms with Crippen LogP contribution in [-0.4, -0.2) is 35.5 Å². The molecule has 6 nitrogen and oxygen atoms in total. The molecule has 0 aliphatic rings. The summed E-state index contributed by atoms with van der Waals surface area (Å²) in [6, 6.07) is 16.5. The van der Waals surface area contributed by atoms with Gasteiger partial charge in [-0.2, -0.15) is 5.10 Å². The lowest BCUT2D eigenvalue weighted by molar-refractivity contribution is -0.136. The number of carbonyl (C=O) groups is 1. The number of nitrogens with zero attached hydrogens (tertiary/aromatic N) is 2. The quantitative estimate of drug-likeness (QED) is 0.334. The zero-order valence-corrected chi connectivity index (χ0v) is 19.4. The van der Waals surface area contributed by atoms with Crippen LogP contribution in [0, 0.1) is 0 Å². The summed E-state index contributed by atoms with van der Waals surface area (Å²) in [5.74, 6) is -0.174. The van der Waals surface area contributed by atoms with Gasteiger partial charge in [0.1, 0.15) is 19.1 Å². The van der Waals surface area contributed by atoms with E-state index in [1.807, 2.05) is 48.7 Å². The normalized spacial score (nSPS) is 11.5. The van der Waals surface area contributed by atoms with Crippen molar-refractivity contribution in [2.45, 2.75) is 45.4 Å². The molecule has 0 unspecified atom stereocenters. The van der Waals surface area contributed by atoms with Gasteiger partial charge in [-0.05, 0) is 29.3 Å². The summed E-state index contributed by atoms with van der Waals surface area (Å²) < 4.78 is 13.6. The van der Waals surface area contributed by atoms with Crippen molar-refractivity contribution in [1.82, 2.24) is 9.78 Å². The summed E-state index contributed by atoms with van der Waals surface area (Å²) in [4.78, 5) is 11.2. The molecule has 0 fully saturated rings. The van der Waals surface area contributed by atoms with Gasteiger partial charge in [0.2, 0.25) is 0 Å². The van der Waals surface area contributed by atoms with Gasteiger partial charge in [-0.3, -0.25) is 4.79 Å². The van der Waals surface area contributed by atoms with E-state index in [2.05, 4.69) is 24.7 Å². The van der Waals surface area contributed by atoms with Crippen molar-refractivity contribution in [2.24, 2.45) is 0 Å². The number of rotatable bonds is 11. The van der Waals surface area contributed by atoms with E-state index in [1.54, 1.807) is 16.9 Å². The highest BCUT2D eigenvalue weighted by molar-refractivity contribution is 6.76. The van der Waals surface area contributed by atoms with Crippen molar-refractivity contribution in [3.8, 4) is 16.9 Å². The van der Waals surface area contributed by atoms with Crippen LogP contribution in [0.2, 0.25) is 25.7 Å². The first kappa shape index (κ1) is 22.8. The monoisotopic (exact) mass is 438 g/mol. The average Bonchev–Trinajstić information content (AvgIpc) is 3.19. The van der Waals surface area contributed by atoms with Gasteiger partial charge in [0.05, 0.1) is 12.6 Å². The fourth-order valence-electron chi connectivity index (χ4n) is 3.06. The number of aliphatic carboxylic acids is 1. The predicted molar refractivity (Wildman–Crippen MR) is 124 cm³/mol. The van der Waals surface area contributed by atoms with Crippen LogP contribution in [0.15, 0.2) is 60.9 Å². The molecular weight excluding hydrogens is 408 g/mol. The molecule has 3 aromatic rings. The molecule has 3 rings (SSSR count). The van der Waals surface area contributed by atoms with E-state index < -0.39 is 14.0 Å². The Bertz CT molecular complexity index is 996. The lowest BCUT2D eigenvalue weighted by Gasteiger charge is -2.15. The third-order valence-electron chi connectivity index (χ3n) is 4.80. The molecule has 7 heteroatoms. The molecule has 0 aliphatic heterocycles. The number of carboxylic acid groups (broad SMARTS) is 1. The molecule has 0 aliphatic carbocycles. The first-order chi connectivity index (χ1) is 14.8. The average molecular weight is 439 g/mol. The van der Waals surface area contributed by atoms with Gasteiger partial charge in [-0.15, -0.1) is 0 Å². The Morgan fingerprint density at radius 3 is 2.58 bits per heavy atom. The van der Waals surface area contributed by atoms with Crippen molar-refractivity contribution < 1.29 is 19.4 Å². The number of benzene rings is 2. The van der Waals surface area contributed by atoms with Crippen molar-refractivity contribution in [3.63, 3.8) is 0 Å². The highest BCUT2D eigenvalue weighted by Gasteiger charge is 2.14. The summed E-state index contributed by atoms with van der Waals surface area (Å²) in [6.07, 6.45) is 3.63. The Kier molecular flexibility index (Phi) is 7.65. The van der Waals surface area contributed by atoms with Crippen LogP contribution in [0.5, 0.6) is 5.75 Å². The molecule has 2 aromatic carbocycles. The van der Waals surface area contributed by atoms with Gasteiger partial charge < -0.3 is 14.6 Å². The molecule has 31 heavy (non-hydrogen) atoms. The molecular formula is C24H30N2O4Si. The summed E-state index contributed by atoms with van der Waals surface area (Å²) in [7, 11) is -1.13. The highest BCUT2D eigenvalue weighted by atomic mass is 28.3. The zero-order valence-electron chi connectivity index (χ0n) is 18.4. The lowest BCUT2D eigenvalue weighted by Crippen LogP contribution is -2.22. The Morgan fingerprint density at radius 2 is 1.87 bits per heavy atom. The molecule has 0 radical (unpaired) electrons. The summed E-state index contributed by atoms with van der Waals surface area (Å²) in [5.41, 5.74) is 3.47. The Balaban J connectivity index is 1.75. The first-order valence-electron chi connectivity index (χ1n) is 10.4. The topological polar surface area (TPSA) is 73.6 Å². The zero-order chi connectivity index (χ0) is 22.3. The summed E-state index contributed by atoms with van der Waals surface area (Å²) >= 11 is 0. The largest absolute Gasteiger partial charge is 0.488 e. The van der Waals surface area contributed by atoms with Crippen LogP contribution in [0.1, 0.15) is 11.1 Å². The second-order valence-electron chi connectivity index (χ2n) is 8.79. The Morgan fingerprint density at radius 1 is 1.10 bits per heavy atom. The third kappa shape index (κ3) is 7.38. The summed E-state index contributed by atoms with van der Waals surface area (Å²) in [6.45, 7) is 8.51. The second kappa shape index (κ2) is 10.4. The van der Waals surface area contributed by atoms with Gasteiger partial charge in [0, 0.05) is 32.0 Å².